The molecule has 20 heavy (non-hydrogen) atoms. The van der Waals surface area contributed by atoms with Crippen molar-refractivity contribution < 1.29 is 4.74 Å². The van der Waals surface area contributed by atoms with E-state index in [-0.39, 0.29) is 0 Å². The second kappa shape index (κ2) is 5.87. The minimum Gasteiger partial charge on any atom is -0.490 e. The Kier molecular flexibility index (Phi) is 3.95. The minimum absolute atomic E-state index is 0.408. The summed E-state index contributed by atoms with van der Waals surface area (Å²) in [6, 6.07) is 14.9. The summed E-state index contributed by atoms with van der Waals surface area (Å²) >= 11 is 0. The van der Waals surface area contributed by atoms with Crippen molar-refractivity contribution in [3.63, 3.8) is 0 Å². The summed E-state index contributed by atoms with van der Waals surface area (Å²) in [5.74, 6) is 2.74. The van der Waals surface area contributed by atoms with Crippen molar-refractivity contribution in [3.05, 3.63) is 42.5 Å². The zero-order valence-corrected chi connectivity index (χ0v) is 12.5. The molecule has 1 aliphatic carbocycles. The molecule has 3 rings (SSSR count). The van der Waals surface area contributed by atoms with Crippen molar-refractivity contribution in [2.24, 2.45) is 11.8 Å². The van der Waals surface area contributed by atoms with Crippen LogP contribution in [-0.4, -0.2) is 6.10 Å². The minimum atomic E-state index is 0.408. The first-order chi connectivity index (χ1) is 9.72. The van der Waals surface area contributed by atoms with Crippen LogP contribution >= 0.6 is 0 Å². The van der Waals surface area contributed by atoms with Crippen LogP contribution in [0.5, 0.6) is 5.75 Å². The monoisotopic (exact) mass is 268 g/mol. The standard InChI is InChI=1S/C19H24O/c1-14(2)15-7-10-18(11-8-15)20-19-12-9-16-5-3-4-6-17(16)13-19/h3-6,9,12-15,18H,7-8,10-11H2,1-2H3. The highest BCUT2D eigenvalue weighted by Crippen LogP contribution is 2.32. The van der Waals surface area contributed by atoms with Gasteiger partial charge in [-0.05, 0) is 60.4 Å². The Bertz CT molecular complexity index is 565. The van der Waals surface area contributed by atoms with Gasteiger partial charge in [-0.15, -0.1) is 0 Å². The number of ether oxygens (including phenoxy) is 1. The third-order valence-electron chi connectivity index (χ3n) is 4.69. The maximum absolute atomic E-state index is 6.19. The molecule has 0 atom stereocenters. The SMILES string of the molecule is CC(C)C1CCC(Oc2ccc3ccccc3c2)CC1. The highest BCUT2D eigenvalue weighted by atomic mass is 16.5. The summed E-state index contributed by atoms with van der Waals surface area (Å²) < 4.78 is 6.19. The predicted octanol–water partition coefficient (Wildman–Crippen LogP) is 5.43. The van der Waals surface area contributed by atoms with Crippen LogP contribution < -0.4 is 4.74 Å². The van der Waals surface area contributed by atoms with E-state index in [1.165, 1.54) is 36.5 Å². The first kappa shape index (κ1) is 13.5. The Morgan fingerprint density at radius 1 is 0.900 bits per heavy atom. The molecule has 0 aliphatic heterocycles. The molecule has 0 bridgehead atoms. The van der Waals surface area contributed by atoms with Crippen LogP contribution in [0.1, 0.15) is 39.5 Å². The van der Waals surface area contributed by atoms with E-state index in [0.29, 0.717) is 6.10 Å². The molecular weight excluding hydrogens is 244 g/mol. The van der Waals surface area contributed by atoms with Gasteiger partial charge in [0.2, 0.25) is 0 Å². The maximum Gasteiger partial charge on any atom is 0.120 e. The Hall–Kier alpha value is -1.50. The van der Waals surface area contributed by atoms with E-state index in [1.54, 1.807) is 0 Å². The Morgan fingerprint density at radius 2 is 1.60 bits per heavy atom. The van der Waals surface area contributed by atoms with E-state index in [0.717, 1.165) is 17.6 Å². The zero-order valence-electron chi connectivity index (χ0n) is 12.5. The van der Waals surface area contributed by atoms with Crippen LogP contribution in [0, 0.1) is 11.8 Å². The lowest BCUT2D eigenvalue weighted by molar-refractivity contribution is 0.117. The lowest BCUT2D eigenvalue weighted by Crippen LogP contribution is -2.26. The molecule has 1 nitrogen and oxygen atoms in total. The molecule has 0 N–H and O–H groups in total. The highest BCUT2D eigenvalue weighted by molar-refractivity contribution is 5.83. The van der Waals surface area contributed by atoms with Crippen LogP contribution in [-0.2, 0) is 0 Å². The first-order valence-electron chi connectivity index (χ1n) is 7.88. The van der Waals surface area contributed by atoms with Gasteiger partial charge >= 0.3 is 0 Å². The Labute approximate surface area is 122 Å². The third-order valence-corrected chi connectivity index (χ3v) is 4.69. The smallest absolute Gasteiger partial charge is 0.120 e. The van der Waals surface area contributed by atoms with E-state index in [1.807, 2.05) is 0 Å². The summed E-state index contributed by atoms with van der Waals surface area (Å²) in [6.45, 7) is 4.68. The number of hydrogen-bond acceptors (Lipinski definition) is 1. The van der Waals surface area contributed by atoms with Gasteiger partial charge in [-0.25, -0.2) is 0 Å². The van der Waals surface area contributed by atoms with E-state index in [4.69, 9.17) is 4.74 Å². The summed E-state index contributed by atoms with van der Waals surface area (Å²) in [4.78, 5) is 0. The van der Waals surface area contributed by atoms with Crippen LogP contribution in [0.4, 0.5) is 0 Å². The molecule has 2 aromatic rings. The van der Waals surface area contributed by atoms with Crippen molar-refractivity contribution in [3.8, 4) is 5.75 Å². The molecule has 0 heterocycles. The molecule has 0 unspecified atom stereocenters. The molecule has 0 saturated heterocycles. The van der Waals surface area contributed by atoms with Gasteiger partial charge in [0.15, 0.2) is 0 Å². The molecule has 0 amide bonds. The maximum atomic E-state index is 6.19. The molecule has 106 valence electrons. The Morgan fingerprint density at radius 3 is 2.30 bits per heavy atom. The fourth-order valence-corrected chi connectivity index (χ4v) is 3.31. The average molecular weight is 268 g/mol. The molecule has 0 radical (unpaired) electrons. The van der Waals surface area contributed by atoms with Crippen molar-refractivity contribution >= 4 is 10.8 Å². The number of benzene rings is 2. The molecule has 1 fully saturated rings. The third kappa shape index (κ3) is 2.98. The molecule has 0 spiro atoms. The largest absolute Gasteiger partial charge is 0.490 e. The van der Waals surface area contributed by atoms with E-state index >= 15 is 0 Å². The van der Waals surface area contributed by atoms with Crippen LogP contribution in [0.25, 0.3) is 10.8 Å². The molecule has 1 aliphatic rings. The lowest BCUT2D eigenvalue weighted by Gasteiger charge is -2.31. The summed E-state index contributed by atoms with van der Waals surface area (Å²) in [5, 5.41) is 2.55. The quantitative estimate of drug-likeness (QED) is 0.721. The van der Waals surface area contributed by atoms with Crippen LogP contribution in [0.15, 0.2) is 42.5 Å². The number of rotatable bonds is 3. The summed E-state index contributed by atoms with van der Waals surface area (Å²) in [6.07, 6.45) is 5.45. The predicted molar refractivity (Wildman–Crippen MR) is 85.2 cm³/mol. The highest BCUT2D eigenvalue weighted by Gasteiger charge is 2.24. The first-order valence-corrected chi connectivity index (χ1v) is 7.88. The van der Waals surface area contributed by atoms with Gasteiger partial charge in [0, 0.05) is 0 Å². The second-order valence-electron chi connectivity index (χ2n) is 6.41. The van der Waals surface area contributed by atoms with Crippen molar-refractivity contribution in [1.29, 1.82) is 0 Å². The molecule has 1 saturated carbocycles. The van der Waals surface area contributed by atoms with Gasteiger partial charge in [-0.1, -0.05) is 44.2 Å². The summed E-state index contributed by atoms with van der Waals surface area (Å²) in [7, 11) is 0. The molecule has 2 aromatic carbocycles. The van der Waals surface area contributed by atoms with Gasteiger partial charge in [0.25, 0.3) is 0 Å². The molecule has 1 heteroatoms. The van der Waals surface area contributed by atoms with Gasteiger partial charge in [-0.2, -0.15) is 0 Å². The fraction of sp³-hybridized carbons (Fsp3) is 0.474. The van der Waals surface area contributed by atoms with Crippen molar-refractivity contribution in [1.82, 2.24) is 0 Å². The van der Waals surface area contributed by atoms with Gasteiger partial charge in [0.05, 0.1) is 6.10 Å². The van der Waals surface area contributed by atoms with Crippen molar-refractivity contribution in [2.45, 2.75) is 45.6 Å². The second-order valence-corrected chi connectivity index (χ2v) is 6.41. The Balaban J connectivity index is 1.65. The number of fused-ring (bicyclic) bond motifs is 1. The fourth-order valence-electron chi connectivity index (χ4n) is 3.31. The van der Waals surface area contributed by atoms with Crippen molar-refractivity contribution in [2.75, 3.05) is 0 Å². The van der Waals surface area contributed by atoms with E-state index in [9.17, 15) is 0 Å². The zero-order chi connectivity index (χ0) is 13.9. The topological polar surface area (TPSA) is 9.23 Å². The van der Waals surface area contributed by atoms with Crippen LogP contribution in [0.2, 0.25) is 0 Å². The molecular formula is C19H24O. The number of hydrogen-bond donors (Lipinski definition) is 0. The average Bonchev–Trinajstić information content (AvgIpc) is 2.48. The van der Waals surface area contributed by atoms with Gasteiger partial charge in [0.1, 0.15) is 5.75 Å². The normalized spacial score (nSPS) is 23.1. The lowest BCUT2D eigenvalue weighted by atomic mass is 9.80. The van der Waals surface area contributed by atoms with Gasteiger partial charge < -0.3 is 4.74 Å². The van der Waals surface area contributed by atoms with E-state index in [2.05, 4.69) is 56.3 Å². The summed E-state index contributed by atoms with van der Waals surface area (Å²) in [5.41, 5.74) is 0. The molecule has 0 aromatic heterocycles. The van der Waals surface area contributed by atoms with E-state index < -0.39 is 0 Å². The van der Waals surface area contributed by atoms with Gasteiger partial charge in [-0.3, -0.25) is 0 Å². The van der Waals surface area contributed by atoms with Crippen LogP contribution in [0.3, 0.4) is 0 Å².